The summed E-state index contributed by atoms with van der Waals surface area (Å²) in [5.41, 5.74) is 12.1. The van der Waals surface area contributed by atoms with Gasteiger partial charge in [0.15, 0.2) is 0 Å². The fraction of sp³-hybridized carbons (Fsp3) is 0. The minimum atomic E-state index is 0.898. The SMILES string of the molecule is C1=Cc2cc3c4ccccc4n(-c4ccccn4)c3cc2N(c2cccc3c2[nH]c2c(-c4ccccn4)cccc23)c2ccccc21. The molecule has 5 aromatic carbocycles. The van der Waals surface area contributed by atoms with Crippen molar-refractivity contribution in [2.75, 3.05) is 4.90 Å². The van der Waals surface area contributed by atoms with Gasteiger partial charge in [0, 0.05) is 39.5 Å². The second kappa shape index (κ2) is 10.0. The van der Waals surface area contributed by atoms with Crippen molar-refractivity contribution in [3.8, 4) is 17.1 Å². The highest BCUT2D eigenvalue weighted by Crippen LogP contribution is 2.48. The quantitative estimate of drug-likeness (QED) is 0.219. The largest absolute Gasteiger partial charge is 0.352 e. The number of rotatable bonds is 3. The van der Waals surface area contributed by atoms with Crippen molar-refractivity contribution in [2.24, 2.45) is 0 Å². The number of nitrogens with zero attached hydrogens (tertiary/aromatic N) is 4. The van der Waals surface area contributed by atoms with E-state index in [2.05, 4.69) is 141 Å². The summed E-state index contributed by atoms with van der Waals surface area (Å²) in [5, 5.41) is 4.76. The molecule has 0 unspecified atom stereocenters. The first-order chi connectivity index (χ1) is 23.3. The number of pyridine rings is 2. The van der Waals surface area contributed by atoms with Crippen molar-refractivity contribution < 1.29 is 0 Å². The Morgan fingerprint density at radius 3 is 2.06 bits per heavy atom. The third-order valence-corrected chi connectivity index (χ3v) is 9.39. The molecule has 9 aromatic rings. The number of fused-ring (bicyclic) bond motifs is 8. The van der Waals surface area contributed by atoms with Crippen molar-refractivity contribution in [3.05, 3.63) is 157 Å². The summed E-state index contributed by atoms with van der Waals surface area (Å²) in [6.07, 6.45) is 8.21. The van der Waals surface area contributed by atoms with Gasteiger partial charge in [0.2, 0.25) is 0 Å². The van der Waals surface area contributed by atoms with Gasteiger partial charge < -0.3 is 9.88 Å². The van der Waals surface area contributed by atoms with Crippen LogP contribution in [0.5, 0.6) is 0 Å². The predicted molar refractivity (Wildman–Crippen MR) is 195 cm³/mol. The molecule has 0 saturated carbocycles. The highest BCUT2D eigenvalue weighted by atomic mass is 15.2. The van der Waals surface area contributed by atoms with Crippen LogP contribution in [0, 0.1) is 0 Å². The van der Waals surface area contributed by atoms with Crippen LogP contribution in [0.3, 0.4) is 0 Å². The fourth-order valence-electron chi connectivity index (χ4n) is 7.34. The predicted octanol–water partition coefficient (Wildman–Crippen LogP) is 10.8. The standard InChI is InChI=1S/C42H27N5/c1-3-17-35-27(11-1)21-22-28-25-33-29-12-2-4-18-36(29)47(40-20-6-8-24-44-40)39(33)26-38(28)46(35)37-19-10-14-31-30-13-9-15-32(41(30)45-42(31)37)34-16-5-7-23-43-34/h1-26,45H. The Morgan fingerprint density at radius 2 is 1.19 bits per heavy atom. The minimum absolute atomic E-state index is 0.898. The van der Waals surface area contributed by atoms with Gasteiger partial charge in [0.25, 0.3) is 0 Å². The Balaban J connectivity index is 1.30. The molecule has 0 atom stereocenters. The molecule has 0 fully saturated rings. The van der Waals surface area contributed by atoms with Gasteiger partial charge in [0.05, 0.1) is 44.8 Å². The molecular formula is C42H27N5. The summed E-state index contributed by atoms with van der Waals surface area (Å²) in [6, 6.07) is 47.2. The summed E-state index contributed by atoms with van der Waals surface area (Å²) in [6.45, 7) is 0. The molecule has 0 spiro atoms. The topological polar surface area (TPSA) is 49.7 Å². The third-order valence-electron chi connectivity index (χ3n) is 9.39. The van der Waals surface area contributed by atoms with Crippen LogP contribution in [-0.2, 0) is 0 Å². The zero-order chi connectivity index (χ0) is 30.9. The molecule has 0 radical (unpaired) electrons. The molecule has 0 amide bonds. The number of anilines is 3. The second-order valence-electron chi connectivity index (χ2n) is 12.0. The number of aromatic nitrogens is 4. The minimum Gasteiger partial charge on any atom is -0.352 e. The van der Waals surface area contributed by atoms with Crippen LogP contribution in [-0.4, -0.2) is 19.5 Å². The Morgan fingerprint density at radius 1 is 0.468 bits per heavy atom. The van der Waals surface area contributed by atoms with Gasteiger partial charge >= 0.3 is 0 Å². The molecule has 10 rings (SSSR count). The van der Waals surface area contributed by atoms with Gasteiger partial charge in [-0.25, -0.2) is 4.98 Å². The lowest BCUT2D eigenvalue weighted by molar-refractivity contribution is 1.08. The number of hydrogen-bond acceptors (Lipinski definition) is 3. The van der Waals surface area contributed by atoms with Crippen LogP contribution in [0.15, 0.2) is 146 Å². The van der Waals surface area contributed by atoms with Gasteiger partial charge in [-0.1, -0.05) is 91.0 Å². The Hall–Kier alpha value is -6.46. The lowest BCUT2D eigenvalue weighted by atomic mass is 10.0. The average molecular weight is 602 g/mol. The van der Waals surface area contributed by atoms with Gasteiger partial charge in [-0.2, -0.15) is 0 Å². The number of benzene rings is 5. The maximum atomic E-state index is 4.79. The first kappa shape index (κ1) is 25.8. The molecule has 5 heterocycles. The van der Waals surface area contributed by atoms with E-state index in [1.807, 2.05) is 36.7 Å². The van der Waals surface area contributed by atoms with Crippen molar-refractivity contribution in [3.63, 3.8) is 0 Å². The van der Waals surface area contributed by atoms with E-state index in [0.29, 0.717) is 0 Å². The average Bonchev–Trinajstić information content (AvgIpc) is 3.62. The number of H-pyrrole nitrogens is 1. The van der Waals surface area contributed by atoms with E-state index >= 15 is 0 Å². The molecule has 1 aliphatic heterocycles. The number of nitrogens with one attached hydrogen (secondary N) is 1. The van der Waals surface area contributed by atoms with Crippen molar-refractivity contribution >= 4 is 72.8 Å². The molecule has 1 N–H and O–H groups in total. The van der Waals surface area contributed by atoms with E-state index in [-0.39, 0.29) is 0 Å². The van der Waals surface area contributed by atoms with Crippen molar-refractivity contribution in [1.82, 2.24) is 19.5 Å². The molecule has 47 heavy (non-hydrogen) atoms. The normalized spacial score (nSPS) is 12.6. The van der Waals surface area contributed by atoms with E-state index in [9.17, 15) is 0 Å². The highest BCUT2D eigenvalue weighted by Gasteiger charge is 2.25. The zero-order valence-corrected chi connectivity index (χ0v) is 25.3. The lowest BCUT2D eigenvalue weighted by Crippen LogP contribution is -2.12. The maximum Gasteiger partial charge on any atom is 0.137 e. The zero-order valence-electron chi connectivity index (χ0n) is 25.3. The highest BCUT2D eigenvalue weighted by molar-refractivity contribution is 6.17. The first-order valence-electron chi connectivity index (χ1n) is 15.8. The summed E-state index contributed by atoms with van der Waals surface area (Å²) in [5.74, 6) is 0.898. The van der Waals surface area contributed by atoms with Crippen LogP contribution >= 0.6 is 0 Å². The first-order valence-corrected chi connectivity index (χ1v) is 15.8. The van der Waals surface area contributed by atoms with E-state index in [0.717, 1.165) is 67.3 Å². The molecule has 5 heteroatoms. The van der Waals surface area contributed by atoms with E-state index in [1.54, 1.807) is 0 Å². The molecule has 220 valence electrons. The molecule has 0 saturated heterocycles. The Kier molecular flexibility index (Phi) is 5.51. The summed E-state index contributed by atoms with van der Waals surface area (Å²) < 4.78 is 2.28. The van der Waals surface area contributed by atoms with Gasteiger partial charge in [-0.15, -0.1) is 0 Å². The summed E-state index contributed by atoms with van der Waals surface area (Å²) in [7, 11) is 0. The maximum absolute atomic E-state index is 4.79. The molecule has 5 nitrogen and oxygen atoms in total. The summed E-state index contributed by atoms with van der Waals surface area (Å²) >= 11 is 0. The van der Waals surface area contributed by atoms with Crippen LogP contribution in [0.2, 0.25) is 0 Å². The Labute approximate surface area is 270 Å². The number of hydrogen-bond donors (Lipinski definition) is 1. The molecule has 4 aromatic heterocycles. The van der Waals surface area contributed by atoms with Crippen molar-refractivity contribution in [1.29, 1.82) is 0 Å². The van der Waals surface area contributed by atoms with E-state index in [1.165, 1.54) is 21.5 Å². The molecular weight excluding hydrogens is 574 g/mol. The van der Waals surface area contributed by atoms with E-state index < -0.39 is 0 Å². The van der Waals surface area contributed by atoms with Gasteiger partial charge in [-0.05, 0) is 65.7 Å². The number of aromatic amines is 1. The van der Waals surface area contributed by atoms with Crippen LogP contribution in [0.1, 0.15) is 11.1 Å². The van der Waals surface area contributed by atoms with Crippen LogP contribution < -0.4 is 4.90 Å². The van der Waals surface area contributed by atoms with Crippen molar-refractivity contribution in [2.45, 2.75) is 0 Å². The van der Waals surface area contributed by atoms with Gasteiger partial charge in [-0.3, -0.25) is 9.55 Å². The monoisotopic (exact) mass is 601 g/mol. The second-order valence-corrected chi connectivity index (χ2v) is 12.0. The summed E-state index contributed by atoms with van der Waals surface area (Å²) in [4.78, 5) is 15.8. The third kappa shape index (κ3) is 3.83. The lowest BCUT2D eigenvalue weighted by Gasteiger charge is -2.28. The van der Waals surface area contributed by atoms with E-state index in [4.69, 9.17) is 4.98 Å². The van der Waals surface area contributed by atoms with Crippen LogP contribution in [0.25, 0.3) is 72.8 Å². The fourth-order valence-corrected chi connectivity index (χ4v) is 7.34. The Bertz CT molecular complexity index is 2680. The molecule has 0 bridgehead atoms. The smallest absolute Gasteiger partial charge is 0.137 e. The van der Waals surface area contributed by atoms with Gasteiger partial charge in [0.1, 0.15) is 5.82 Å². The molecule has 0 aliphatic carbocycles. The molecule has 1 aliphatic rings. The number of para-hydroxylation sites is 4. The van der Waals surface area contributed by atoms with Crippen LogP contribution in [0.4, 0.5) is 17.1 Å².